The molecule has 0 fully saturated rings. The van der Waals surface area contributed by atoms with Gasteiger partial charge in [-0.2, -0.15) is 5.26 Å². The van der Waals surface area contributed by atoms with Crippen LogP contribution in [-0.4, -0.2) is 26.3 Å². The Hall–Kier alpha value is -4.64. The average Bonchev–Trinajstić information content (AvgIpc) is 2.93. The van der Waals surface area contributed by atoms with Crippen molar-refractivity contribution in [2.24, 2.45) is 5.73 Å². The summed E-state index contributed by atoms with van der Waals surface area (Å²) in [5.41, 5.74) is 8.23. The first-order chi connectivity index (χ1) is 18.5. The Morgan fingerprint density at radius 1 is 1.03 bits per heavy atom. The van der Waals surface area contributed by atoms with Crippen LogP contribution in [0.5, 0.6) is 28.7 Å². The summed E-state index contributed by atoms with van der Waals surface area (Å²) in [6.07, 6.45) is 1.95. The fourth-order valence-corrected chi connectivity index (χ4v) is 4.23. The molecule has 8 nitrogen and oxygen atoms in total. The first-order valence-corrected chi connectivity index (χ1v) is 12.5. The average molecular weight is 515 g/mol. The molecule has 1 heterocycles. The highest BCUT2D eigenvalue weighted by Gasteiger charge is 2.32. The molecule has 3 aromatic rings. The smallest absolute Gasteiger partial charge is 0.347 e. The first kappa shape index (κ1) is 26.4. The minimum absolute atomic E-state index is 0.0163. The van der Waals surface area contributed by atoms with Gasteiger partial charge in [-0.15, -0.1) is 0 Å². The summed E-state index contributed by atoms with van der Waals surface area (Å²) in [5, 5.41) is 9.91. The fraction of sp³-hybridized carbons (Fsp3) is 0.267. The van der Waals surface area contributed by atoms with Gasteiger partial charge in [0.25, 0.3) is 0 Å². The molecule has 0 saturated heterocycles. The van der Waals surface area contributed by atoms with Crippen molar-refractivity contribution in [1.29, 1.82) is 5.26 Å². The van der Waals surface area contributed by atoms with Crippen molar-refractivity contribution in [2.75, 3.05) is 20.3 Å². The second kappa shape index (κ2) is 12.1. The van der Waals surface area contributed by atoms with E-state index in [1.165, 1.54) is 0 Å². The van der Waals surface area contributed by atoms with E-state index in [1.807, 2.05) is 25.1 Å². The van der Waals surface area contributed by atoms with E-state index >= 15 is 0 Å². The van der Waals surface area contributed by atoms with Crippen molar-refractivity contribution in [3.8, 4) is 34.8 Å². The van der Waals surface area contributed by atoms with Gasteiger partial charge < -0.3 is 29.4 Å². The maximum atomic E-state index is 12.9. The summed E-state index contributed by atoms with van der Waals surface area (Å²) in [7, 11) is 1.57. The van der Waals surface area contributed by atoms with Gasteiger partial charge in [-0.05, 0) is 49.2 Å². The van der Waals surface area contributed by atoms with Crippen LogP contribution in [0.2, 0.25) is 0 Å². The van der Waals surface area contributed by atoms with E-state index in [1.54, 1.807) is 49.6 Å². The Labute approximate surface area is 222 Å². The third-order valence-electron chi connectivity index (χ3n) is 6.08. The first-order valence-electron chi connectivity index (χ1n) is 12.5. The van der Waals surface area contributed by atoms with Crippen molar-refractivity contribution < 1.29 is 28.5 Å². The van der Waals surface area contributed by atoms with Gasteiger partial charge >= 0.3 is 5.97 Å². The van der Waals surface area contributed by atoms with Gasteiger partial charge in [0.05, 0.1) is 26.2 Å². The molecule has 1 aliphatic rings. The molecule has 0 radical (unpaired) electrons. The van der Waals surface area contributed by atoms with E-state index in [0.717, 1.165) is 18.4 Å². The lowest BCUT2D eigenvalue weighted by atomic mass is 9.83. The van der Waals surface area contributed by atoms with Crippen LogP contribution < -0.4 is 29.4 Å². The summed E-state index contributed by atoms with van der Waals surface area (Å²) in [5.74, 6) is 1.19. The summed E-state index contributed by atoms with van der Waals surface area (Å²) in [4.78, 5) is 12.9. The summed E-state index contributed by atoms with van der Waals surface area (Å²) in [6.45, 7) is 4.94. The van der Waals surface area contributed by atoms with Gasteiger partial charge in [-0.25, -0.2) is 4.79 Å². The Morgan fingerprint density at radius 3 is 2.58 bits per heavy atom. The Bertz CT molecular complexity index is 1390. The normalized spacial score (nSPS) is 14.1. The van der Waals surface area contributed by atoms with Crippen LogP contribution in [0, 0.1) is 11.3 Å². The van der Waals surface area contributed by atoms with Crippen LogP contribution in [0.15, 0.2) is 72.1 Å². The van der Waals surface area contributed by atoms with Crippen molar-refractivity contribution in [3.63, 3.8) is 0 Å². The molecule has 8 heteroatoms. The lowest BCUT2D eigenvalue weighted by Gasteiger charge is -2.27. The van der Waals surface area contributed by atoms with Crippen LogP contribution >= 0.6 is 0 Å². The van der Waals surface area contributed by atoms with Crippen molar-refractivity contribution in [1.82, 2.24) is 0 Å². The van der Waals surface area contributed by atoms with E-state index in [2.05, 4.69) is 13.0 Å². The number of unbranched alkanes of at least 4 members (excludes halogenated alkanes) is 1. The largest absolute Gasteiger partial charge is 0.493 e. The lowest BCUT2D eigenvalue weighted by Crippen LogP contribution is -2.21. The minimum Gasteiger partial charge on any atom is -0.493 e. The molecular weight excluding hydrogens is 484 g/mol. The molecule has 0 aromatic heterocycles. The van der Waals surface area contributed by atoms with E-state index in [4.69, 9.17) is 29.4 Å². The number of fused-ring (bicyclic) bond motifs is 1. The number of hydrogen-bond donors (Lipinski definition) is 1. The second-order valence-electron chi connectivity index (χ2n) is 8.56. The Balaban J connectivity index is 1.66. The van der Waals surface area contributed by atoms with Gasteiger partial charge in [0.2, 0.25) is 5.88 Å². The number of nitrogens with zero attached hydrogens (tertiary/aromatic N) is 1. The molecule has 0 amide bonds. The number of methoxy groups -OCH3 is 1. The van der Waals surface area contributed by atoms with Gasteiger partial charge in [-0.1, -0.05) is 37.6 Å². The number of ether oxygens (including phenoxy) is 5. The maximum absolute atomic E-state index is 12.9. The zero-order chi connectivity index (χ0) is 27.1. The van der Waals surface area contributed by atoms with E-state index in [9.17, 15) is 10.1 Å². The number of nitriles is 1. The van der Waals surface area contributed by atoms with Crippen LogP contribution in [0.3, 0.4) is 0 Å². The van der Waals surface area contributed by atoms with E-state index < -0.39 is 11.9 Å². The summed E-state index contributed by atoms with van der Waals surface area (Å²) in [6, 6.07) is 19.6. The van der Waals surface area contributed by atoms with Gasteiger partial charge in [0.1, 0.15) is 34.5 Å². The predicted molar refractivity (Wildman–Crippen MR) is 142 cm³/mol. The SMILES string of the molecule is CCCCOc1ccc(C2C(C#N)=C(N)Oc3cc(OC(=O)c4ccccc4OCC)ccc32)cc1OC. The monoisotopic (exact) mass is 514 g/mol. The Kier molecular flexibility index (Phi) is 8.39. The molecule has 0 spiro atoms. The van der Waals surface area contributed by atoms with Crippen molar-refractivity contribution in [3.05, 3.63) is 88.8 Å². The number of allylic oxidation sites excluding steroid dienone is 1. The molecule has 0 aliphatic carbocycles. The third-order valence-corrected chi connectivity index (χ3v) is 6.08. The fourth-order valence-electron chi connectivity index (χ4n) is 4.23. The van der Waals surface area contributed by atoms with Crippen LogP contribution in [0.1, 0.15) is 54.1 Å². The maximum Gasteiger partial charge on any atom is 0.347 e. The number of esters is 1. The van der Waals surface area contributed by atoms with Gasteiger partial charge in [-0.3, -0.25) is 0 Å². The molecule has 0 saturated carbocycles. The lowest BCUT2D eigenvalue weighted by molar-refractivity contribution is 0.0730. The molecule has 3 aromatic carbocycles. The molecule has 4 rings (SSSR count). The van der Waals surface area contributed by atoms with Crippen LogP contribution in [0.4, 0.5) is 0 Å². The highest BCUT2D eigenvalue weighted by Crippen LogP contribution is 2.45. The molecule has 1 atom stereocenters. The highest BCUT2D eigenvalue weighted by molar-refractivity contribution is 5.94. The molecule has 2 N–H and O–H groups in total. The number of rotatable bonds is 10. The zero-order valence-corrected chi connectivity index (χ0v) is 21.7. The number of nitrogens with two attached hydrogens (primary N) is 1. The molecule has 1 aliphatic heterocycles. The topological polar surface area (TPSA) is 113 Å². The quantitative estimate of drug-likeness (QED) is 0.208. The van der Waals surface area contributed by atoms with Crippen molar-refractivity contribution in [2.45, 2.75) is 32.6 Å². The molecule has 196 valence electrons. The number of carbonyl (C=O) groups excluding carboxylic acids is 1. The molecule has 38 heavy (non-hydrogen) atoms. The predicted octanol–water partition coefficient (Wildman–Crippen LogP) is 5.71. The molecular formula is C30H30N2O6. The van der Waals surface area contributed by atoms with Crippen LogP contribution in [-0.2, 0) is 0 Å². The van der Waals surface area contributed by atoms with Crippen LogP contribution in [0.25, 0.3) is 0 Å². The number of carbonyl (C=O) groups is 1. The standard InChI is InChI=1S/C30H30N2O6/c1-4-6-15-36-25-14-11-19(16-27(25)34-3)28-21-13-12-20(17-26(21)38-29(32)23(28)18-31)37-30(33)22-9-7-8-10-24(22)35-5-2/h7-14,16-17,28H,4-6,15,32H2,1-3H3. The number of benzene rings is 3. The van der Waals surface area contributed by atoms with E-state index in [0.29, 0.717) is 47.3 Å². The second-order valence-corrected chi connectivity index (χ2v) is 8.56. The van der Waals surface area contributed by atoms with Crippen molar-refractivity contribution >= 4 is 5.97 Å². The zero-order valence-electron chi connectivity index (χ0n) is 21.7. The molecule has 1 unspecified atom stereocenters. The van der Waals surface area contributed by atoms with Gasteiger partial charge in [0.15, 0.2) is 11.5 Å². The number of hydrogen-bond acceptors (Lipinski definition) is 8. The Morgan fingerprint density at radius 2 is 1.84 bits per heavy atom. The molecule has 0 bridgehead atoms. The van der Waals surface area contributed by atoms with Gasteiger partial charge in [0, 0.05) is 11.6 Å². The number of para-hydroxylation sites is 1. The highest BCUT2D eigenvalue weighted by atomic mass is 16.5. The summed E-state index contributed by atoms with van der Waals surface area (Å²) < 4.78 is 28.4. The van der Waals surface area contributed by atoms with E-state index in [-0.39, 0.29) is 17.2 Å². The minimum atomic E-state index is -0.564. The summed E-state index contributed by atoms with van der Waals surface area (Å²) >= 11 is 0. The third kappa shape index (κ3) is 5.52.